The van der Waals surface area contributed by atoms with Crippen LogP contribution in [0.4, 0.5) is 5.69 Å². The molecule has 31 heavy (non-hydrogen) atoms. The van der Waals surface area contributed by atoms with Crippen molar-refractivity contribution in [3.8, 4) is 5.75 Å². The molecule has 0 N–H and O–H groups in total. The summed E-state index contributed by atoms with van der Waals surface area (Å²) >= 11 is 6.10. The molecule has 1 fully saturated rings. The van der Waals surface area contributed by atoms with Crippen molar-refractivity contribution in [2.45, 2.75) is 37.0 Å². The highest BCUT2D eigenvalue weighted by Crippen LogP contribution is 2.35. The van der Waals surface area contributed by atoms with Gasteiger partial charge in [-0.05, 0) is 73.2 Å². The highest BCUT2D eigenvalue weighted by atomic mass is 35.5. The molecular formula is C23H25ClN2O4S. The van der Waals surface area contributed by atoms with Gasteiger partial charge in [0.1, 0.15) is 12.4 Å². The molecule has 164 valence electrons. The molecule has 0 spiro atoms. The number of rotatable bonds is 3. The molecule has 0 bridgehead atoms. The Morgan fingerprint density at radius 2 is 1.81 bits per heavy atom. The zero-order valence-electron chi connectivity index (χ0n) is 17.2. The molecule has 0 radical (unpaired) electrons. The minimum Gasteiger partial charge on any atom is -0.492 e. The van der Waals surface area contributed by atoms with E-state index in [-0.39, 0.29) is 11.8 Å². The van der Waals surface area contributed by atoms with Crippen molar-refractivity contribution >= 4 is 33.2 Å². The summed E-state index contributed by atoms with van der Waals surface area (Å²) in [4.78, 5) is 15.4. The molecule has 3 heterocycles. The van der Waals surface area contributed by atoms with E-state index in [1.165, 1.54) is 0 Å². The van der Waals surface area contributed by atoms with E-state index in [2.05, 4.69) is 0 Å². The second-order valence-electron chi connectivity index (χ2n) is 8.46. The predicted octanol–water partition coefficient (Wildman–Crippen LogP) is 3.66. The summed E-state index contributed by atoms with van der Waals surface area (Å²) in [6, 6.07) is 10.7. The number of carbonyl (C=O) groups excluding carboxylic acids is 1. The number of carbonyl (C=O) groups is 1. The fourth-order valence-corrected chi connectivity index (χ4v) is 6.53. The number of nitrogens with zero attached hydrogens (tertiary/aromatic N) is 2. The summed E-state index contributed by atoms with van der Waals surface area (Å²) in [7, 11) is -3.48. The Morgan fingerprint density at radius 3 is 2.61 bits per heavy atom. The lowest BCUT2D eigenvalue weighted by Crippen LogP contribution is -2.40. The molecule has 0 saturated carbocycles. The van der Waals surface area contributed by atoms with E-state index in [1.54, 1.807) is 33.5 Å². The van der Waals surface area contributed by atoms with Crippen molar-refractivity contribution in [2.75, 3.05) is 31.1 Å². The average Bonchev–Trinajstić information content (AvgIpc) is 3.22. The van der Waals surface area contributed by atoms with Gasteiger partial charge in [0.05, 0.1) is 10.8 Å². The first-order valence-electron chi connectivity index (χ1n) is 10.8. The largest absolute Gasteiger partial charge is 0.492 e. The summed E-state index contributed by atoms with van der Waals surface area (Å²) < 4.78 is 33.4. The first-order valence-corrected chi connectivity index (χ1v) is 12.6. The lowest BCUT2D eigenvalue weighted by atomic mass is 9.95. The van der Waals surface area contributed by atoms with Gasteiger partial charge in [-0.25, -0.2) is 8.42 Å². The molecule has 8 heteroatoms. The van der Waals surface area contributed by atoms with Gasteiger partial charge in [-0.2, -0.15) is 4.31 Å². The number of hydrogen-bond acceptors (Lipinski definition) is 4. The summed E-state index contributed by atoms with van der Waals surface area (Å²) in [5.74, 6) is 0.507. The average molecular weight is 461 g/mol. The molecule has 3 aliphatic rings. The van der Waals surface area contributed by atoms with Gasteiger partial charge in [0, 0.05) is 30.3 Å². The van der Waals surface area contributed by atoms with E-state index in [1.807, 2.05) is 12.1 Å². The van der Waals surface area contributed by atoms with Gasteiger partial charge in [-0.3, -0.25) is 4.79 Å². The van der Waals surface area contributed by atoms with Gasteiger partial charge in [-0.1, -0.05) is 18.0 Å². The van der Waals surface area contributed by atoms with Crippen LogP contribution in [0.2, 0.25) is 5.02 Å². The number of hydrogen-bond donors (Lipinski definition) is 0. The molecule has 1 amide bonds. The van der Waals surface area contributed by atoms with Gasteiger partial charge in [0.25, 0.3) is 0 Å². The number of amides is 1. The molecule has 1 saturated heterocycles. The van der Waals surface area contributed by atoms with Crippen molar-refractivity contribution in [3.63, 3.8) is 0 Å². The van der Waals surface area contributed by atoms with Crippen molar-refractivity contribution < 1.29 is 17.9 Å². The molecule has 5 rings (SSSR count). The fraction of sp³-hybridized carbons (Fsp3) is 0.435. The van der Waals surface area contributed by atoms with Crippen molar-refractivity contribution in [2.24, 2.45) is 5.92 Å². The Morgan fingerprint density at radius 1 is 1.00 bits per heavy atom. The zero-order chi connectivity index (χ0) is 21.6. The van der Waals surface area contributed by atoms with Crippen LogP contribution in [0.1, 0.15) is 30.4 Å². The van der Waals surface area contributed by atoms with Crippen LogP contribution in [0.5, 0.6) is 5.75 Å². The first-order chi connectivity index (χ1) is 14.9. The highest BCUT2D eigenvalue weighted by molar-refractivity contribution is 7.89. The van der Waals surface area contributed by atoms with E-state index in [4.69, 9.17) is 16.3 Å². The van der Waals surface area contributed by atoms with Crippen LogP contribution in [-0.2, 0) is 27.7 Å². The molecule has 1 atom stereocenters. The van der Waals surface area contributed by atoms with Gasteiger partial charge in [0.2, 0.25) is 15.9 Å². The number of anilines is 1. The summed E-state index contributed by atoms with van der Waals surface area (Å²) in [5, 5.41) is 0.629. The molecule has 0 aromatic heterocycles. The number of benzene rings is 2. The molecule has 2 aromatic rings. The van der Waals surface area contributed by atoms with E-state index in [9.17, 15) is 13.2 Å². The van der Waals surface area contributed by atoms with Crippen LogP contribution >= 0.6 is 11.6 Å². The molecular weight excluding hydrogens is 436 g/mol. The van der Waals surface area contributed by atoms with Crippen LogP contribution in [0.3, 0.4) is 0 Å². The van der Waals surface area contributed by atoms with Crippen LogP contribution in [0, 0.1) is 5.92 Å². The lowest BCUT2D eigenvalue weighted by molar-refractivity contribution is -0.123. The molecule has 0 aliphatic carbocycles. The highest BCUT2D eigenvalue weighted by Gasteiger charge is 2.34. The first kappa shape index (κ1) is 20.8. The minimum atomic E-state index is -3.48. The summed E-state index contributed by atoms with van der Waals surface area (Å²) in [5.41, 5.74) is 2.66. The van der Waals surface area contributed by atoms with Crippen LogP contribution in [-0.4, -0.2) is 44.9 Å². The summed E-state index contributed by atoms with van der Waals surface area (Å²) in [6.45, 7) is 2.05. The Hall–Kier alpha value is -2.09. The Balaban J connectivity index is 1.36. The second-order valence-corrected chi connectivity index (χ2v) is 10.8. The van der Waals surface area contributed by atoms with Crippen molar-refractivity contribution in [1.29, 1.82) is 0 Å². The third-order valence-electron chi connectivity index (χ3n) is 6.44. The van der Waals surface area contributed by atoms with Gasteiger partial charge in [-0.15, -0.1) is 0 Å². The number of ether oxygens (including phenoxy) is 1. The van der Waals surface area contributed by atoms with Crippen molar-refractivity contribution in [1.82, 2.24) is 4.31 Å². The van der Waals surface area contributed by atoms with Gasteiger partial charge in [0.15, 0.2) is 0 Å². The predicted molar refractivity (Wildman–Crippen MR) is 119 cm³/mol. The molecule has 1 unspecified atom stereocenters. The number of sulfonamides is 1. The zero-order valence-corrected chi connectivity index (χ0v) is 18.8. The maximum atomic E-state index is 13.3. The maximum absolute atomic E-state index is 13.3. The standard InChI is InChI=1S/C23H25ClN2O4S/c24-19-4-7-22-17(13-19)12-18(15-30-22)23(27)26-11-8-16-14-20(5-6-21(16)26)31(28,29)25-9-2-1-3-10-25/h4-7,13-14,18H,1-3,8-12,15H2. The van der Waals surface area contributed by atoms with Crippen molar-refractivity contribution in [3.05, 3.63) is 52.5 Å². The SMILES string of the molecule is O=C(C1COc2ccc(Cl)cc2C1)N1CCc2cc(S(=O)(=O)N3CCCCC3)ccc21. The Labute approximate surface area is 187 Å². The smallest absolute Gasteiger partial charge is 0.243 e. The molecule has 3 aliphatic heterocycles. The maximum Gasteiger partial charge on any atom is 0.243 e. The van der Waals surface area contributed by atoms with Gasteiger partial charge < -0.3 is 9.64 Å². The Bertz CT molecular complexity index is 1130. The lowest BCUT2D eigenvalue weighted by Gasteiger charge is -2.29. The number of piperidine rings is 1. The van der Waals surface area contributed by atoms with Crippen LogP contribution in [0.15, 0.2) is 41.3 Å². The number of halogens is 1. The second kappa shape index (κ2) is 8.11. The van der Waals surface area contributed by atoms with Gasteiger partial charge >= 0.3 is 0 Å². The van der Waals surface area contributed by atoms with E-state index < -0.39 is 10.0 Å². The Kier molecular flexibility index (Phi) is 5.44. The normalized spacial score (nSPS) is 21.3. The molecule has 2 aromatic carbocycles. The fourth-order valence-electron chi connectivity index (χ4n) is 4.76. The monoisotopic (exact) mass is 460 g/mol. The molecule has 6 nitrogen and oxygen atoms in total. The van der Waals surface area contributed by atoms with E-state index in [0.717, 1.165) is 41.8 Å². The summed E-state index contributed by atoms with van der Waals surface area (Å²) in [6.07, 6.45) is 4.13. The number of fused-ring (bicyclic) bond motifs is 2. The van der Waals surface area contributed by atoms with E-state index in [0.29, 0.717) is 49.0 Å². The quantitative estimate of drug-likeness (QED) is 0.701. The minimum absolute atomic E-state index is 0.0102. The van der Waals surface area contributed by atoms with Crippen LogP contribution < -0.4 is 9.64 Å². The van der Waals surface area contributed by atoms with E-state index >= 15 is 0 Å². The topological polar surface area (TPSA) is 66.9 Å². The third kappa shape index (κ3) is 3.83. The van der Waals surface area contributed by atoms with Crippen LogP contribution in [0.25, 0.3) is 0 Å². The third-order valence-corrected chi connectivity index (χ3v) is 8.57.